The lowest BCUT2D eigenvalue weighted by molar-refractivity contribution is -0.392. The summed E-state index contributed by atoms with van der Waals surface area (Å²) in [5.41, 5.74) is -0.311. The van der Waals surface area contributed by atoms with Crippen molar-refractivity contribution in [3.05, 3.63) is 68.3 Å². The molecule has 0 amide bonds. The van der Waals surface area contributed by atoms with Crippen LogP contribution in [-0.4, -0.2) is 9.85 Å². The first-order valence-corrected chi connectivity index (χ1v) is 5.38. The molecule has 0 heterocycles. The first-order chi connectivity index (χ1) is 9.54. The second kappa shape index (κ2) is 5.16. The summed E-state index contributed by atoms with van der Waals surface area (Å²) in [6.45, 7) is 0. The molecule has 2 aromatic carbocycles. The van der Waals surface area contributed by atoms with Crippen LogP contribution in [0.1, 0.15) is 5.56 Å². The van der Waals surface area contributed by atoms with E-state index in [0.717, 1.165) is 12.1 Å². The standard InChI is InChI=1S/C13H6N3O4/c14-8-9-4-6-10(7-5-9)13-11(15(17)18)2-1-3-12(13)16(19)20/h1-2,4-7H. The Morgan fingerprint density at radius 3 is 2.20 bits per heavy atom. The molecule has 0 saturated heterocycles. The van der Waals surface area contributed by atoms with E-state index in [1.165, 1.54) is 24.3 Å². The van der Waals surface area contributed by atoms with E-state index in [0.29, 0.717) is 11.1 Å². The highest BCUT2D eigenvalue weighted by atomic mass is 16.6. The molecule has 97 valence electrons. The van der Waals surface area contributed by atoms with E-state index in [1.54, 1.807) is 0 Å². The van der Waals surface area contributed by atoms with E-state index < -0.39 is 15.5 Å². The molecule has 2 aromatic rings. The Bertz CT molecular complexity index is 700. The Kier molecular flexibility index (Phi) is 3.39. The van der Waals surface area contributed by atoms with Crippen molar-refractivity contribution in [3.63, 3.8) is 0 Å². The van der Waals surface area contributed by atoms with Crippen molar-refractivity contribution >= 4 is 11.4 Å². The normalized spacial score (nSPS) is 9.75. The molecular formula is C13H6N3O4. The van der Waals surface area contributed by atoms with Crippen molar-refractivity contribution in [1.29, 1.82) is 5.26 Å². The minimum Gasteiger partial charge on any atom is -0.258 e. The van der Waals surface area contributed by atoms with Gasteiger partial charge < -0.3 is 0 Å². The Morgan fingerprint density at radius 2 is 1.70 bits per heavy atom. The number of nitro groups is 2. The second-order valence-electron chi connectivity index (χ2n) is 3.79. The van der Waals surface area contributed by atoms with Crippen molar-refractivity contribution in [1.82, 2.24) is 0 Å². The van der Waals surface area contributed by atoms with Crippen LogP contribution in [-0.2, 0) is 0 Å². The molecule has 0 aliphatic heterocycles. The van der Waals surface area contributed by atoms with E-state index in [9.17, 15) is 20.2 Å². The third kappa shape index (κ3) is 2.30. The summed E-state index contributed by atoms with van der Waals surface area (Å²) >= 11 is 0. The number of benzene rings is 2. The van der Waals surface area contributed by atoms with Gasteiger partial charge in [0.15, 0.2) is 0 Å². The van der Waals surface area contributed by atoms with E-state index in [-0.39, 0.29) is 11.3 Å². The molecule has 7 nitrogen and oxygen atoms in total. The van der Waals surface area contributed by atoms with Crippen LogP contribution in [0, 0.1) is 37.6 Å². The molecular weight excluding hydrogens is 262 g/mol. The van der Waals surface area contributed by atoms with E-state index >= 15 is 0 Å². The van der Waals surface area contributed by atoms with Gasteiger partial charge in [0.25, 0.3) is 11.4 Å². The van der Waals surface area contributed by atoms with Gasteiger partial charge >= 0.3 is 0 Å². The quantitative estimate of drug-likeness (QED) is 0.627. The lowest BCUT2D eigenvalue weighted by Gasteiger charge is -2.04. The molecule has 0 unspecified atom stereocenters. The van der Waals surface area contributed by atoms with Crippen LogP contribution in [0.3, 0.4) is 0 Å². The van der Waals surface area contributed by atoms with Crippen molar-refractivity contribution in [2.45, 2.75) is 0 Å². The molecule has 0 aromatic heterocycles. The highest BCUT2D eigenvalue weighted by Gasteiger charge is 2.26. The molecule has 1 radical (unpaired) electrons. The average molecular weight is 268 g/mol. The average Bonchev–Trinajstić information content (AvgIpc) is 2.46. The van der Waals surface area contributed by atoms with Gasteiger partial charge in [0.1, 0.15) is 5.56 Å². The van der Waals surface area contributed by atoms with Crippen LogP contribution in [0.2, 0.25) is 0 Å². The predicted octanol–water partition coefficient (Wildman–Crippen LogP) is 2.84. The number of hydrogen-bond donors (Lipinski definition) is 0. The summed E-state index contributed by atoms with van der Waals surface area (Å²) in [5.74, 6) is 0. The van der Waals surface area contributed by atoms with Gasteiger partial charge in [0.05, 0.1) is 27.5 Å². The summed E-state index contributed by atoms with van der Waals surface area (Å²) in [5, 5.41) is 30.7. The van der Waals surface area contributed by atoms with Gasteiger partial charge in [0.2, 0.25) is 0 Å². The van der Waals surface area contributed by atoms with Gasteiger partial charge in [0, 0.05) is 6.07 Å². The van der Waals surface area contributed by atoms with Crippen LogP contribution in [0.5, 0.6) is 0 Å². The topological polar surface area (TPSA) is 110 Å². The Labute approximate surface area is 113 Å². The molecule has 20 heavy (non-hydrogen) atoms. The van der Waals surface area contributed by atoms with Crippen molar-refractivity contribution in [3.8, 4) is 17.2 Å². The zero-order chi connectivity index (χ0) is 14.7. The van der Waals surface area contributed by atoms with Crippen LogP contribution >= 0.6 is 0 Å². The number of nitro benzene ring substituents is 2. The van der Waals surface area contributed by atoms with Crippen molar-refractivity contribution < 1.29 is 9.85 Å². The van der Waals surface area contributed by atoms with Gasteiger partial charge in [-0.25, -0.2) is 0 Å². The highest BCUT2D eigenvalue weighted by Crippen LogP contribution is 2.37. The van der Waals surface area contributed by atoms with Crippen molar-refractivity contribution in [2.75, 3.05) is 0 Å². The largest absolute Gasteiger partial charge is 0.292 e. The number of nitriles is 1. The first kappa shape index (κ1) is 13.2. The maximum Gasteiger partial charge on any atom is 0.292 e. The van der Waals surface area contributed by atoms with Gasteiger partial charge in [-0.2, -0.15) is 5.26 Å². The van der Waals surface area contributed by atoms with Gasteiger partial charge in [-0.3, -0.25) is 20.2 Å². The number of rotatable bonds is 3. The van der Waals surface area contributed by atoms with Crippen molar-refractivity contribution in [2.24, 2.45) is 0 Å². The zero-order valence-corrected chi connectivity index (χ0v) is 9.94. The Balaban J connectivity index is 2.72. The molecule has 0 atom stereocenters. The van der Waals surface area contributed by atoms with Crippen LogP contribution in [0.4, 0.5) is 11.4 Å². The fourth-order valence-electron chi connectivity index (χ4n) is 1.77. The molecule has 0 bridgehead atoms. The van der Waals surface area contributed by atoms with E-state index in [4.69, 9.17) is 5.26 Å². The van der Waals surface area contributed by atoms with E-state index in [1.807, 2.05) is 6.07 Å². The maximum absolute atomic E-state index is 11.0. The van der Waals surface area contributed by atoms with Gasteiger partial charge in [-0.05, 0) is 23.8 Å². The van der Waals surface area contributed by atoms with Gasteiger partial charge in [-0.1, -0.05) is 12.1 Å². The Hall–Kier alpha value is -3.27. The molecule has 0 fully saturated rings. The van der Waals surface area contributed by atoms with Crippen LogP contribution in [0.25, 0.3) is 11.1 Å². The van der Waals surface area contributed by atoms with Gasteiger partial charge in [-0.15, -0.1) is 0 Å². The summed E-state index contributed by atoms with van der Waals surface area (Å²) in [6.07, 6.45) is 0. The number of nitrogens with zero attached hydrogens (tertiary/aromatic N) is 3. The Morgan fingerprint density at radius 1 is 1.05 bits per heavy atom. The van der Waals surface area contributed by atoms with Crippen LogP contribution in [0.15, 0.2) is 36.4 Å². The lowest BCUT2D eigenvalue weighted by Crippen LogP contribution is -1.98. The minimum absolute atomic E-state index is 0.119. The predicted molar refractivity (Wildman–Crippen MR) is 68.7 cm³/mol. The first-order valence-electron chi connectivity index (χ1n) is 5.38. The minimum atomic E-state index is -0.722. The fourth-order valence-corrected chi connectivity index (χ4v) is 1.77. The third-order valence-electron chi connectivity index (χ3n) is 2.64. The molecule has 2 rings (SSSR count). The monoisotopic (exact) mass is 268 g/mol. The summed E-state index contributed by atoms with van der Waals surface area (Å²) in [7, 11) is 0. The second-order valence-corrected chi connectivity index (χ2v) is 3.79. The SMILES string of the molecule is N#Cc1ccc(-c2c([N+](=O)[O-])[c]ccc2[N+](=O)[O-])cc1. The highest BCUT2D eigenvalue weighted by molar-refractivity contribution is 5.82. The summed E-state index contributed by atoms with van der Waals surface area (Å²) in [6, 6.07) is 12.3. The molecule has 7 heteroatoms. The molecule has 0 aliphatic rings. The molecule has 0 aliphatic carbocycles. The third-order valence-corrected chi connectivity index (χ3v) is 2.64. The summed E-state index contributed by atoms with van der Waals surface area (Å²) < 4.78 is 0. The molecule has 0 N–H and O–H groups in total. The van der Waals surface area contributed by atoms with Crippen LogP contribution < -0.4 is 0 Å². The lowest BCUT2D eigenvalue weighted by atomic mass is 10.0. The summed E-state index contributed by atoms with van der Waals surface area (Å²) in [4.78, 5) is 20.6. The van der Waals surface area contributed by atoms with E-state index in [2.05, 4.69) is 6.07 Å². The zero-order valence-electron chi connectivity index (χ0n) is 9.94. The smallest absolute Gasteiger partial charge is 0.258 e. The molecule has 0 spiro atoms. The molecule has 0 saturated carbocycles. The fraction of sp³-hybridized carbons (Fsp3) is 0. The maximum atomic E-state index is 11.0. The number of hydrogen-bond acceptors (Lipinski definition) is 5.